The van der Waals surface area contributed by atoms with Crippen LogP contribution in [0.5, 0.6) is 11.5 Å². The summed E-state index contributed by atoms with van der Waals surface area (Å²) in [5.74, 6) is -0.299. The molecule has 0 unspecified atom stereocenters. The summed E-state index contributed by atoms with van der Waals surface area (Å²) < 4.78 is 35.9. The first-order valence-electron chi connectivity index (χ1n) is 8.69. The molecule has 0 radical (unpaired) electrons. The molecular formula is C20H17Cl2F2N3O3. The molecule has 0 fully saturated rings. The van der Waals surface area contributed by atoms with E-state index in [4.69, 9.17) is 27.9 Å². The van der Waals surface area contributed by atoms with Gasteiger partial charge in [-0.05, 0) is 42.8 Å². The number of ether oxygens (including phenoxy) is 2. The number of benzene rings is 2. The number of hydrogen-bond donors (Lipinski definition) is 1. The van der Waals surface area contributed by atoms with E-state index in [1.165, 1.54) is 25.3 Å². The lowest BCUT2D eigenvalue weighted by Gasteiger charge is -2.11. The number of aromatic nitrogens is 2. The van der Waals surface area contributed by atoms with E-state index < -0.39 is 12.5 Å². The standard InChI is InChI=1S/C20H17Cl2F2N3O3/c1-11-7-18(26-27(11)10-13-3-5-14(21)9-15(13)22)25-19(28)12-4-6-16(30-20(23)24)17(8-12)29-2/h3-9,20H,10H2,1-2H3,(H,25,26,28). The summed E-state index contributed by atoms with van der Waals surface area (Å²) in [5.41, 5.74) is 1.82. The number of aryl methyl sites for hydroxylation is 1. The highest BCUT2D eigenvalue weighted by Gasteiger charge is 2.16. The Bertz CT molecular complexity index is 1070. The molecule has 30 heavy (non-hydrogen) atoms. The van der Waals surface area contributed by atoms with Crippen LogP contribution < -0.4 is 14.8 Å². The molecule has 3 rings (SSSR count). The molecule has 0 saturated heterocycles. The van der Waals surface area contributed by atoms with Gasteiger partial charge >= 0.3 is 6.61 Å². The summed E-state index contributed by atoms with van der Waals surface area (Å²) in [7, 11) is 1.29. The van der Waals surface area contributed by atoms with Crippen LogP contribution in [0.15, 0.2) is 42.5 Å². The van der Waals surface area contributed by atoms with Crippen LogP contribution in [0.25, 0.3) is 0 Å². The maximum atomic E-state index is 12.5. The molecule has 0 bridgehead atoms. The maximum absolute atomic E-state index is 12.5. The van der Waals surface area contributed by atoms with Crippen LogP contribution in [0, 0.1) is 6.92 Å². The third-order valence-corrected chi connectivity index (χ3v) is 4.79. The molecule has 1 amide bonds. The molecule has 6 nitrogen and oxygen atoms in total. The van der Waals surface area contributed by atoms with Gasteiger partial charge in [-0.1, -0.05) is 29.3 Å². The summed E-state index contributed by atoms with van der Waals surface area (Å²) >= 11 is 12.1. The largest absolute Gasteiger partial charge is 0.493 e. The lowest BCUT2D eigenvalue weighted by atomic mass is 10.2. The number of nitrogens with one attached hydrogen (secondary N) is 1. The van der Waals surface area contributed by atoms with Gasteiger partial charge in [0.25, 0.3) is 5.91 Å². The SMILES string of the molecule is COc1cc(C(=O)Nc2cc(C)n(Cc3ccc(Cl)cc3Cl)n2)ccc1OC(F)F. The minimum Gasteiger partial charge on any atom is -0.493 e. The van der Waals surface area contributed by atoms with E-state index in [1.54, 1.807) is 28.9 Å². The van der Waals surface area contributed by atoms with Gasteiger partial charge in [0.1, 0.15) is 0 Å². The highest BCUT2D eigenvalue weighted by molar-refractivity contribution is 6.35. The van der Waals surface area contributed by atoms with Crippen molar-refractivity contribution in [2.75, 3.05) is 12.4 Å². The minimum atomic E-state index is -3.00. The van der Waals surface area contributed by atoms with Crippen molar-refractivity contribution in [3.8, 4) is 11.5 Å². The smallest absolute Gasteiger partial charge is 0.387 e. The van der Waals surface area contributed by atoms with E-state index in [2.05, 4.69) is 15.2 Å². The van der Waals surface area contributed by atoms with Crippen molar-refractivity contribution in [3.05, 3.63) is 69.3 Å². The monoisotopic (exact) mass is 455 g/mol. The predicted molar refractivity (Wildman–Crippen MR) is 110 cm³/mol. The third kappa shape index (κ3) is 5.20. The molecule has 0 spiro atoms. The first kappa shape index (κ1) is 21.9. The molecule has 0 saturated carbocycles. The van der Waals surface area contributed by atoms with E-state index >= 15 is 0 Å². The van der Waals surface area contributed by atoms with Gasteiger partial charge in [-0.15, -0.1) is 0 Å². The Morgan fingerprint density at radius 2 is 1.93 bits per heavy atom. The lowest BCUT2D eigenvalue weighted by molar-refractivity contribution is -0.0512. The van der Waals surface area contributed by atoms with Crippen LogP contribution in [-0.4, -0.2) is 29.4 Å². The summed E-state index contributed by atoms with van der Waals surface area (Å²) in [6.07, 6.45) is 0. The number of methoxy groups -OCH3 is 1. The molecule has 0 aliphatic rings. The summed E-state index contributed by atoms with van der Waals surface area (Å²) in [6.45, 7) is -0.767. The van der Waals surface area contributed by atoms with Crippen LogP contribution >= 0.6 is 23.2 Å². The fourth-order valence-corrected chi connectivity index (χ4v) is 3.20. The maximum Gasteiger partial charge on any atom is 0.387 e. The van der Waals surface area contributed by atoms with E-state index in [0.29, 0.717) is 22.4 Å². The number of amides is 1. The van der Waals surface area contributed by atoms with Crippen LogP contribution in [-0.2, 0) is 6.54 Å². The van der Waals surface area contributed by atoms with Gasteiger partial charge in [0.15, 0.2) is 17.3 Å². The Morgan fingerprint density at radius 3 is 2.60 bits per heavy atom. The average Bonchev–Trinajstić information content (AvgIpc) is 3.02. The molecule has 2 aromatic carbocycles. The van der Waals surface area contributed by atoms with Gasteiger partial charge in [-0.25, -0.2) is 0 Å². The second-order valence-electron chi connectivity index (χ2n) is 6.26. The molecule has 3 aromatic rings. The van der Waals surface area contributed by atoms with Gasteiger partial charge < -0.3 is 14.8 Å². The van der Waals surface area contributed by atoms with Gasteiger partial charge in [-0.3, -0.25) is 9.48 Å². The quantitative estimate of drug-likeness (QED) is 0.517. The Labute approximate surface area is 181 Å². The Hall–Kier alpha value is -2.84. The fraction of sp³-hybridized carbons (Fsp3) is 0.200. The average molecular weight is 456 g/mol. The molecule has 1 N–H and O–H groups in total. The molecule has 0 aliphatic heterocycles. The topological polar surface area (TPSA) is 65.4 Å². The van der Waals surface area contributed by atoms with E-state index in [-0.39, 0.29) is 17.1 Å². The second kappa shape index (κ2) is 9.32. The van der Waals surface area contributed by atoms with E-state index in [1.807, 2.05) is 6.92 Å². The molecule has 1 heterocycles. The zero-order valence-electron chi connectivity index (χ0n) is 16.0. The second-order valence-corrected chi connectivity index (χ2v) is 7.11. The first-order chi connectivity index (χ1) is 14.3. The van der Waals surface area contributed by atoms with Gasteiger partial charge in [0, 0.05) is 27.4 Å². The third-order valence-electron chi connectivity index (χ3n) is 4.20. The normalized spacial score (nSPS) is 10.9. The lowest BCUT2D eigenvalue weighted by Crippen LogP contribution is -2.13. The number of carbonyl (C=O) groups is 1. The Morgan fingerprint density at radius 1 is 1.17 bits per heavy atom. The van der Waals surface area contributed by atoms with Gasteiger partial charge in [0.05, 0.1) is 13.7 Å². The molecule has 10 heteroatoms. The number of hydrogen-bond acceptors (Lipinski definition) is 4. The number of nitrogens with zero attached hydrogens (tertiary/aromatic N) is 2. The summed E-state index contributed by atoms with van der Waals surface area (Å²) in [6, 6.07) is 10.8. The zero-order chi connectivity index (χ0) is 21.8. The van der Waals surface area contributed by atoms with Gasteiger partial charge in [-0.2, -0.15) is 13.9 Å². The van der Waals surface area contributed by atoms with Gasteiger partial charge in [0.2, 0.25) is 0 Å². The van der Waals surface area contributed by atoms with E-state index in [9.17, 15) is 13.6 Å². The summed E-state index contributed by atoms with van der Waals surface area (Å²) in [5, 5.41) is 8.09. The Balaban J connectivity index is 1.75. The molecule has 0 atom stereocenters. The summed E-state index contributed by atoms with van der Waals surface area (Å²) in [4.78, 5) is 12.5. The van der Waals surface area contributed by atoms with Crippen molar-refractivity contribution >= 4 is 34.9 Å². The zero-order valence-corrected chi connectivity index (χ0v) is 17.5. The van der Waals surface area contributed by atoms with Crippen LogP contribution in [0.3, 0.4) is 0 Å². The van der Waals surface area contributed by atoms with Crippen molar-refractivity contribution in [1.29, 1.82) is 0 Å². The van der Waals surface area contributed by atoms with Crippen molar-refractivity contribution in [2.24, 2.45) is 0 Å². The fourth-order valence-electron chi connectivity index (χ4n) is 2.73. The molecular weight excluding hydrogens is 439 g/mol. The number of halogens is 4. The number of rotatable bonds is 7. The van der Waals surface area contributed by atoms with Crippen molar-refractivity contribution in [2.45, 2.75) is 20.1 Å². The number of carbonyl (C=O) groups excluding carboxylic acids is 1. The van der Waals surface area contributed by atoms with Crippen LogP contribution in [0.4, 0.5) is 14.6 Å². The predicted octanol–water partition coefficient (Wildman–Crippen LogP) is 5.41. The van der Waals surface area contributed by atoms with E-state index in [0.717, 1.165) is 11.3 Å². The molecule has 1 aromatic heterocycles. The number of anilines is 1. The van der Waals surface area contributed by atoms with Crippen molar-refractivity contribution in [1.82, 2.24) is 9.78 Å². The number of alkyl halides is 2. The Kier molecular flexibility index (Phi) is 6.79. The van der Waals surface area contributed by atoms with Crippen molar-refractivity contribution < 1.29 is 23.0 Å². The highest BCUT2D eigenvalue weighted by Crippen LogP contribution is 2.30. The highest BCUT2D eigenvalue weighted by atomic mass is 35.5. The van der Waals surface area contributed by atoms with Crippen LogP contribution in [0.1, 0.15) is 21.6 Å². The molecule has 158 valence electrons. The van der Waals surface area contributed by atoms with Crippen molar-refractivity contribution in [3.63, 3.8) is 0 Å². The van der Waals surface area contributed by atoms with Crippen LogP contribution in [0.2, 0.25) is 10.0 Å². The molecule has 0 aliphatic carbocycles. The first-order valence-corrected chi connectivity index (χ1v) is 9.45. The minimum absolute atomic E-state index is 0.0158.